The van der Waals surface area contributed by atoms with Crippen LogP contribution in [-0.2, 0) is 6.54 Å². The van der Waals surface area contributed by atoms with Gasteiger partial charge in [-0.2, -0.15) is 0 Å². The number of nitrogens with zero attached hydrogens (tertiary/aromatic N) is 1. The summed E-state index contributed by atoms with van der Waals surface area (Å²) in [5.41, 5.74) is 7.18. The molecule has 2 unspecified atom stereocenters. The van der Waals surface area contributed by atoms with Crippen LogP contribution in [0.2, 0.25) is 0 Å². The van der Waals surface area contributed by atoms with Gasteiger partial charge in [-0.1, -0.05) is 57.0 Å². The molecule has 0 bridgehead atoms. The molecule has 0 amide bonds. The van der Waals surface area contributed by atoms with Gasteiger partial charge in [0.2, 0.25) is 0 Å². The van der Waals surface area contributed by atoms with Gasteiger partial charge in [0.05, 0.1) is 0 Å². The van der Waals surface area contributed by atoms with E-state index in [2.05, 4.69) is 49.1 Å². The van der Waals surface area contributed by atoms with Gasteiger partial charge in [-0.05, 0) is 49.8 Å². The predicted molar refractivity (Wildman–Crippen MR) is 91.1 cm³/mol. The van der Waals surface area contributed by atoms with E-state index in [-0.39, 0.29) is 0 Å². The van der Waals surface area contributed by atoms with E-state index < -0.39 is 0 Å². The molecule has 118 valence electrons. The van der Waals surface area contributed by atoms with Crippen LogP contribution < -0.4 is 5.73 Å². The van der Waals surface area contributed by atoms with Gasteiger partial charge in [-0.15, -0.1) is 0 Å². The molecule has 21 heavy (non-hydrogen) atoms. The van der Waals surface area contributed by atoms with Crippen molar-refractivity contribution in [2.24, 2.45) is 17.6 Å². The van der Waals surface area contributed by atoms with Crippen LogP contribution in [-0.4, -0.2) is 24.0 Å². The van der Waals surface area contributed by atoms with Gasteiger partial charge in [0.1, 0.15) is 0 Å². The maximum Gasteiger partial charge on any atom is 0.0236 e. The number of rotatable bonds is 7. The van der Waals surface area contributed by atoms with E-state index in [4.69, 9.17) is 5.73 Å². The Labute approximate surface area is 130 Å². The Hall–Kier alpha value is -0.860. The maximum absolute atomic E-state index is 5.75. The van der Waals surface area contributed by atoms with Crippen LogP contribution >= 0.6 is 0 Å². The second kappa shape index (κ2) is 8.55. The van der Waals surface area contributed by atoms with Gasteiger partial charge in [-0.25, -0.2) is 0 Å². The molecule has 0 saturated heterocycles. The minimum atomic E-state index is 0.748. The Morgan fingerprint density at radius 2 is 1.95 bits per heavy atom. The molecule has 1 saturated carbocycles. The normalized spacial score (nSPS) is 22.9. The molecule has 0 aromatic heterocycles. The third-order valence-electron chi connectivity index (χ3n) is 5.02. The number of hydrogen-bond donors (Lipinski definition) is 1. The Morgan fingerprint density at radius 3 is 2.62 bits per heavy atom. The summed E-state index contributed by atoms with van der Waals surface area (Å²) in [5.74, 6) is 1.72. The third-order valence-corrected chi connectivity index (χ3v) is 5.02. The molecule has 2 heteroatoms. The first-order valence-corrected chi connectivity index (χ1v) is 8.68. The van der Waals surface area contributed by atoms with E-state index in [1.807, 2.05) is 0 Å². The van der Waals surface area contributed by atoms with Gasteiger partial charge >= 0.3 is 0 Å². The van der Waals surface area contributed by atoms with Crippen LogP contribution in [0.15, 0.2) is 30.3 Å². The van der Waals surface area contributed by atoms with Crippen LogP contribution in [0.3, 0.4) is 0 Å². The van der Waals surface area contributed by atoms with Crippen LogP contribution in [0, 0.1) is 11.8 Å². The van der Waals surface area contributed by atoms with Gasteiger partial charge in [-0.3, -0.25) is 4.90 Å². The summed E-state index contributed by atoms with van der Waals surface area (Å²) in [6, 6.07) is 11.6. The molecule has 1 aliphatic carbocycles. The fourth-order valence-corrected chi connectivity index (χ4v) is 3.64. The highest BCUT2D eigenvalue weighted by molar-refractivity contribution is 5.14. The topological polar surface area (TPSA) is 29.3 Å². The lowest BCUT2D eigenvalue weighted by molar-refractivity contribution is 0.106. The average Bonchev–Trinajstić information content (AvgIpc) is 2.52. The third kappa shape index (κ3) is 5.12. The lowest BCUT2D eigenvalue weighted by Crippen LogP contribution is -2.40. The van der Waals surface area contributed by atoms with Crippen LogP contribution in [0.4, 0.5) is 0 Å². The molecule has 1 aromatic rings. The zero-order valence-electron chi connectivity index (χ0n) is 13.8. The van der Waals surface area contributed by atoms with Gasteiger partial charge < -0.3 is 5.73 Å². The monoisotopic (exact) mass is 288 g/mol. The molecule has 2 nitrogen and oxygen atoms in total. The fraction of sp³-hybridized carbons (Fsp3) is 0.684. The second-order valence-electron chi connectivity index (χ2n) is 6.92. The minimum absolute atomic E-state index is 0.748. The first-order valence-electron chi connectivity index (χ1n) is 8.68. The summed E-state index contributed by atoms with van der Waals surface area (Å²) < 4.78 is 0. The SMILES string of the molecule is CC(C)C1CCCC(N(CCCN)Cc2ccccc2)C1. The van der Waals surface area contributed by atoms with Crippen molar-refractivity contribution in [2.45, 2.75) is 58.5 Å². The summed E-state index contributed by atoms with van der Waals surface area (Å²) in [7, 11) is 0. The zero-order chi connectivity index (χ0) is 15.1. The van der Waals surface area contributed by atoms with Crippen molar-refractivity contribution < 1.29 is 0 Å². The fourth-order valence-electron chi connectivity index (χ4n) is 3.64. The highest BCUT2D eigenvalue weighted by Crippen LogP contribution is 2.33. The van der Waals surface area contributed by atoms with E-state index >= 15 is 0 Å². The summed E-state index contributed by atoms with van der Waals surface area (Å²) in [5, 5.41) is 0. The summed E-state index contributed by atoms with van der Waals surface area (Å²) in [6.45, 7) is 7.78. The first kappa shape index (κ1) is 16.5. The molecule has 2 rings (SSSR count). The predicted octanol–water partition coefficient (Wildman–Crippen LogP) is 4.05. The molecular formula is C19H32N2. The van der Waals surface area contributed by atoms with Crippen LogP contribution in [0.1, 0.15) is 51.5 Å². The highest BCUT2D eigenvalue weighted by Gasteiger charge is 2.27. The van der Waals surface area contributed by atoms with Crippen molar-refractivity contribution in [3.05, 3.63) is 35.9 Å². The van der Waals surface area contributed by atoms with Gasteiger partial charge in [0.15, 0.2) is 0 Å². The molecule has 2 N–H and O–H groups in total. The van der Waals surface area contributed by atoms with Gasteiger partial charge in [0, 0.05) is 12.6 Å². The summed E-state index contributed by atoms with van der Waals surface area (Å²) >= 11 is 0. The van der Waals surface area contributed by atoms with E-state index in [9.17, 15) is 0 Å². The van der Waals surface area contributed by atoms with Crippen molar-refractivity contribution in [1.82, 2.24) is 4.90 Å². The first-order chi connectivity index (χ1) is 10.2. The van der Waals surface area contributed by atoms with Crippen LogP contribution in [0.25, 0.3) is 0 Å². The van der Waals surface area contributed by atoms with E-state index in [1.54, 1.807) is 0 Å². The molecule has 0 aliphatic heterocycles. The van der Waals surface area contributed by atoms with Crippen LogP contribution in [0.5, 0.6) is 0 Å². The Bertz CT molecular complexity index is 388. The standard InChI is InChI=1S/C19H32N2/c1-16(2)18-10-6-11-19(14-18)21(13-7-12-20)15-17-8-4-3-5-9-17/h3-5,8-9,16,18-19H,6-7,10-15,20H2,1-2H3. The average molecular weight is 288 g/mol. The lowest BCUT2D eigenvalue weighted by atomic mass is 9.78. The lowest BCUT2D eigenvalue weighted by Gasteiger charge is -2.39. The molecular weight excluding hydrogens is 256 g/mol. The minimum Gasteiger partial charge on any atom is -0.330 e. The molecule has 0 radical (unpaired) electrons. The van der Waals surface area contributed by atoms with E-state index in [1.165, 1.54) is 31.2 Å². The number of nitrogens with two attached hydrogens (primary N) is 1. The molecule has 1 fully saturated rings. The Balaban J connectivity index is 2.00. The van der Waals surface area contributed by atoms with Crippen molar-refractivity contribution in [2.75, 3.05) is 13.1 Å². The number of hydrogen-bond acceptors (Lipinski definition) is 2. The van der Waals surface area contributed by atoms with Crippen molar-refractivity contribution in [3.8, 4) is 0 Å². The Kier molecular flexibility index (Phi) is 6.72. The smallest absolute Gasteiger partial charge is 0.0236 e. The summed E-state index contributed by atoms with van der Waals surface area (Å²) in [6.07, 6.45) is 6.65. The molecule has 0 heterocycles. The van der Waals surface area contributed by atoms with Crippen molar-refractivity contribution in [1.29, 1.82) is 0 Å². The quantitative estimate of drug-likeness (QED) is 0.820. The highest BCUT2D eigenvalue weighted by atomic mass is 15.2. The maximum atomic E-state index is 5.75. The number of benzene rings is 1. The van der Waals surface area contributed by atoms with Crippen molar-refractivity contribution >= 4 is 0 Å². The van der Waals surface area contributed by atoms with Gasteiger partial charge in [0.25, 0.3) is 0 Å². The molecule has 1 aliphatic rings. The van der Waals surface area contributed by atoms with E-state index in [0.29, 0.717) is 0 Å². The zero-order valence-corrected chi connectivity index (χ0v) is 13.8. The summed E-state index contributed by atoms with van der Waals surface area (Å²) in [4.78, 5) is 2.69. The second-order valence-corrected chi connectivity index (χ2v) is 6.92. The molecule has 1 aromatic carbocycles. The molecule has 0 spiro atoms. The van der Waals surface area contributed by atoms with Crippen molar-refractivity contribution in [3.63, 3.8) is 0 Å². The Morgan fingerprint density at radius 1 is 1.19 bits per heavy atom. The molecule has 2 atom stereocenters. The largest absolute Gasteiger partial charge is 0.330 e. The van der Waals surface area contributed by atoms with E-state index in [0.717, 1.165) is 43.9 Å².